The van der Waals surface area contributed by atoms with Gasteiger partial charge in [0.2, 0.25) is 5.91 Å². The maximum absolute atomic E-state index is 11.7. The maximum atomic E-state index is 11.7. The van der Waals surface area contributed by atoms with Gasteiger partial charge in [0, 0.05) is 16.4 Å². The summed E-state index contributed by atoms with van der Waals surface area (Å²) in [7, 11) is 0. The predicted molar refractivity (Wildman–Crippen MR) is 84.9 cm³/mol. The maximum Gasteiger partial charge on any atom is 0.226 e. The average Bonchev–Trinajstić information content (AvgIpc) is 2.84. The van der Waals surface area contributed by atoms with E-state index < -0.39 is 0 Å². The zero-order valence-electron chi connectivity index (χ0n) is 11.9. The molecule has 0 saturated carbocycles. The largest absolute Gasteiger partial charge is 0.486 e. The molecule has 21 heavy (non-hydrogen) atoms. The second-order valence-corrected chi connectivity index (χ2v) is 6.25. The molecule has 1 aromatic heterocycles. The van der Waals surface area contributed by atoms with Gasteiger partial charge in [0.15, 0.2) is 0 Å². The Balaban J connectivity index is 1.85. The number of hydrogen-bond acceptors (Lipinski definition) is 4. The number of nitrogens with zero attached hydrogens (tertiary/aromatic N) is 1. The summed E-state index contributed by atoms with van der Waals surface area (Å²) >= 11 is 7.30. The van der Waals surface area contributed by atoms with Crippen LogP contribution in [0.5, 0.6) is 5.75 Å². The molecule has 0 fully saturated rings. The van der Waals surface area contributed by atoms with Crippen LogP contribution in [0.1, 0.15) is 24.5 Å². The molecule has 1 amide bonds. The van der Waals surface area contributed by atoms with E-state index in [2.05, 4.69) is 10.3 Å². The van der Waals surface area contributed by atoms with Gasteiger partial charge in [-0.05, 0) is 38.1 Å². The Labute approximate surface area is 133 Å². The molecular formula is C15H17ClN2O2S. The third-order valence-electron chi connectivity index (χ3n) is 2.57. The highest BCUT2D eigenvalue weighted by atomic mass is 35.5. The summed E-state index contributed by atoms with van der Waals surface area (Å²) in [5.74, 6) is 0.731. The van der Waals surface area contributed by atoms with Crippen molar-refractivity contribution in [3.05, 3.63) is 45.4 Å². The standard InChI is InChI=1S/C15H17ClN2O2S/c1-10(2)17-14(19)7-12-9-21-15(18-12)8-20-13-5-3-11(16)4-6-13/h3-6,9-10H,7-8H2,1-2H3,(H,17,19). The second-order valence-electron chi connectivity index (χ2n) is 4.87. The monoisotopic (exact) mass is 324 g/mol. The SMILES string of the molecule is CC(C)NC(=O)Cc1csc(COc2ccc(Cl)cc2)n1. The van der Waals surface area contributed by atoms with Crippen molar-refractivity contribution in [2.45, 2.75) is 32.9 Å². The molecule has 1 N–H and O–H groups in total. The quantitative estimate of drug-likeness (QED) is 0.885. The molecule has 0 unspecified atom stereocenters. The molecule has 0 atom stereocenters. The van der Waals surface area contributed by atoms with Gasteiger partial charge < -0.3 is 10.1 Å². The molecule has 2 aromatic rings. The van der Waals surface area contributed by atoms with Gasteiger partial charge in [0.25, 0.3) is 0 Å². The first-order chi connectivity index (χ1) is 10.0. The molecule has 0 aliphatic heterocycles. The first kappa shape index (κ1) is 15.8. The van der Waals surface area contributed by atoms with Crippen molar-refractivity contribution < 1.29 is 9.53 Å². The van der Waals surface area contributed by atoms with Crippen molar-refractivity contribution in [2.24, 2.45) is 0 Å². The molecule has 112 valence electrons. The Morgan fingerprint density at radius 3 is 2.76 bits per heavy atom. The minimum Gasteiger partial charge on any atom is -0.486 e. The van der Waals surface area contributed by atoms with E-state index >= 15 is 0 Å². The normalized spacial score (nSPS) is 10.7. The van der Waals surface area contributed by atoms with Crippen LogP contribution in [0.15, 0.2) is 29.6 Å². The fraction of sp³-hybridized carbons (Fsp3) is 0.333. The topological polar surface area (TPSA) is 51.2 Å². The van der Waals surface area contributed by atoms with Gasteiger partial charge in [-0.25, -0.2) is 4.98 Å². The number of carbonyl (C=O) groups is 1. The smallest absolute Gasteiger partial charge is 0.226 e. The molecule has 4 nitrogen and oxygen atoms in total. The van der Waals surface area contributed by atoms with Gasteiger partial charge in [0.1, 0.15) is 17.4 Å². The zero-order chi connectivity index (χ0) is 15.2. The molecule has 0 bridgehead atoms. The van der Waals surface area contributed by atoms with E-state index in [1.165, 1.54) is 11.3 Å². The van der Waals surface area contributed by atoms with E-state index in [-0.39, 0.29) is 11.9 Å². The Kier molecular flexibility index (Phi) is 5.59. The first-order valence-electron chi connectivity index (χ1n) is 6.64. The van der Waals surface area contributed by atoms with Crippen molar-refractivity contribution in [1.82, 2.24) is 10.3 Å². The lowest BCUT2D eigenvalue weighted by Crippen LogP contribution is -2.31. The van der Waals surface area contributed by atoms with Gasteiger partial charge in [-0.15, -0.1) is 11.3 Å². The highest BCUT2D eigenvalue weighted by Crippen LogP contribution is 2.18. The Hall–Kier alpha value is -1.59. The van der Waals surface area contributed by atoms with E-state index in [9.17, 15) is 4.79 Å². The third-order valence-corrected chi connectivity index (χ3v) is 3.69. The van der Waals surface area contributed by atoms with Crippen LogP contribution >= 0.6 is 22.9 Å². The molecule has 0 spiro atoms. The molecular weight excluding hydrogens is 308 g/mol. The fourth-order valence-electron chi connectivity index (χ4n) is 1.71. The number of halogens is 1. The Bertz CT molecular complexity index is 596. The van der Waals surface area contributed by atoms with Crippen LogP contribution in [-0.4, -0.2) is 16.9 Å². The minimum absolute atomic E-state index is 0.0135. The summed E-state index contributed by atoms with van der Waals surface area (Å²) in [6.45, 7) is 4.26. The van der Waals surface area contributed by atoms with Gasteiger partial charge in [-0.3, -0.25) is 4.79 Å². The highest BCUT2D eigenvalue weighted by Gasteiger charge is 2.09. The van der Waals surface area contributed by atoms with Crippen molar-refractivity contribution in [2.75, 3.05) is 0 Å². The molecule has 2 rings (SSSR count). The lowest BCUT2D eigenvalue weighted by Gasteiger charge is -2.06. The van der Waals surface area contributed by atoms with Gasteiger partial charge >= 0.3 is 0 Å². The highest BCUT2D eigenvalue weighted by molar-refractivity contribution is 7.09. The number of benzene rings is 1. The summed E-state index contributed by atoms with van der Waals surface area (Å²) in [4.78, 5) is 16.0. The minimum atomic E-state index is -0.0135. The molecule has 0 aliphatic rings. The van der Waals surface area contributed by atoms with E-state index in [1.54, 1.807) is 12.1 Å². The van der Waals surface area contributed by atoms with E-state index in [4.69, 9.17) is 16.3 Å². The number of aromatic nitrogens is 1. The van der Waals surface area contributed by atoms with Crippen LogP contribution < -0.4 is 10.1 Å². The van der Waals surface area contributed by atoms with Crippen molar-refractivity contribution >= 4 is 28.8 Å². The number of carbonyl (C=O) groups excluding carboxylic acids is 1. The molecule has 6 heteroatoms. The van der Waals surface area contributed by atoms with Crippen molar-refractivity contribution in [3.8, 4) is 5.75 Å². The van der Waals surface area contributed by atoms with E-state index in [0.717, 1.165) is 16.5 Å². The van der Waals surface area contributed by atoms with Crippen LogP contribution in [0, 0.1) is 0 Å². The van der Waals surface area contributed by atoms with Crippen LogP contribution in [0.3, 0.4) is 0 Å². The average molecular weight is 325 g/mol. The second kappa shape index (κ2) is 7.43. The number of amides is 1. The molecule has 0 aliphatic carbocycles. The van der Waals surface area contributed by atoms with Crippen LogP contribution in [-0.2, 0) is 17.8 Å². The third kappa shape index (κ3) is 5.36. The van der Waals surface area contributed by atoms with Crippen molar-refractivity contribution in [3.63, 3.8) is 0 Å². The number of nitrogens with one attached hydrogen (secondary N) is 1. The fourth-order valence-corrected chi connectivity index (χ4v) is 2.54. The molecule has 0 saturated heterocycles. The Morgan fingerprint density at radius 2 is 2.10 bits per heavy atom. The van der Waals surface area contributed by atoms with Crippen LogP contribution in [0.4, 0.5) is 0 Å². The molecule has 0 radical (unpaired) electrons. The summed E-state index contributed by atoms with van der Waals surface area (Å²) < 4.78 is 5.62. The zero-order valence-corrected chi connectivity index (χ0v) is 13.5. The predicted octanol–water partition coefficient (Wildman–Crippen LogP) is 3.44. The van der Waals surface area contributed by atoms with E-state index in [0.29, 0.717) is 18.1 Å². The lowest BCUT2D eigenvalue weighted by atomic mass is 10.3. The van der Waals surface area contributed by atoms with Crippen LogP contribution in [0.25, 0.3) is 0 Å². The van der Waals surface area contributed by atoms with Crippen LogP contribution in [0.2, 0.25) is 5.02 Å². The van der Waals surface area contributed by atoms with Crippen molar-refractivity contribution in [1.29, 1.82) is 0 Å². The molecule has 1 heterocycles. The number of ether oxygens (including phenoxy) is 1. The summed E-state index contributed by atoms with van der Waals surface area (Å²) in [5.41, 5.74) is 0.771. The summed E-state index contributed by atoms with van der Waals surface area (Å²) in [5, 5.41) is 6.26. The lowest BCUT2D eigenvalue weighted by molar-refractivity contribution is -0.120. The molecule has 1 aromatic carbocycles. The number of thiazole rings is 1. The summed E-state index contributed by atoms with van der Waals surface area (Å²) in [6, 6.07) is 7.32. The van der Waals surface area contributed by atoms with Gasteiger partial charge in [-0.2, -0.15) is 0 Å². The number of rotatable bonds is 6. The number of hydrogen-bond donors (Lipinski definition) is 1. The van der Waals surface area contributed by atoms with Gasteiger partial charge in [0.05, 0.1) is 12.1 Å². The first-order valence-corrected chi connectivity index (χ1v) is 7.89. The van der Waals surface area contributed by atoms with E-state index in [1.807, 2.05) is 31.4 Å². The summed E-state index contributed by atoms with van der Waals surface area (Å²) in [6.07, 6.45) is 0.301. The Morgan fingerprint density at radius 1 is 1.38 bits per heavy atom. The van der Waals surface area contributed by atoms with Gasteiger partial charge in [-0.1, -0.05) is 11.6 Å².